The van der Waals surface area contributed by atoms with Gasteiger partial charge in [-0.1, -0.05) is 84.0 Å². The summed E-state index contributed by atoms with van der Waals surface area (Å²) < 4.78 is 4.87. The first-order chi connectivity index (χ1) is 14.8. The van der Waals surface area contributed by atoms with Gasteiger partial charge in [0.05, 0.1) is 18.2 Å². The molecule has 0 rings (SSSR count). The molecule has 0 aromatic carbocycles. The van der Waals surface area contributed by atoms with Gasteiger partial charge in [0.25, 0.3) is 0 Å². The molecule has 0 bridgehead atoms. The molecule has 0 aliphatic carbocycles. The van der Waals surface area contributed by atoms with Gasteiger partial charge in [-0.3, -0.25) is 0 Å². The fraction of sp³-hybridized carbons (Fsp3) is 0.913. The Kier molecular flexibility index (Phi) is 18.9. The zero-order valence-corrected chi connectivity index (χ0v) is 19.3. The van der Waals surface area contributed by atoms with Gasteiger partial charge >= 0.3 is 5.95 Å². The normalized spacial score (nSPS) is 16.5. The van der Waals surface area contributed by atoms with Crippen molar-refractivity contribution in [3.05, 3.63) is 11.7 Å². The van der Waals surface area contributed by atoms with Crippen LogP contribution in [-0.2, 0) is 4.74 Å². The van der Waals surface area contributed by atoms with Crippen LogP contribution in [0.5, 0.6) is 0 Å². The molecule has 0 amide bonds. The van der Waals surface area contributed by atoms with Crippen molar-refractivity contribution in [1.29, 1.82) is 0 Å². The van der Waals surface area contributed by atoms with E-state index < -0.39 is 36.1 Å². The van der Waals surface area contributed by atoms with Crippen molar-refractivity contribution in [3.8, 4) is 0 Å². The Labute approximate surface area is 187 Å². The van der Waals surface area contributed by atoms with Crippen molar-refractivity contribution in [2.24, 2.45) is 5.73 Å². The van der Waals surface area contributed by atoms with Crippen LogP contribution in [0.2, 0.25) is 0 Å². The lowest BCUT2D eigenvalue weighted by atomic mass is 10.00. The Balaban J connectivity index is 3.84. The van der Waals surface area contributed by atoms with Gasteiger partial charge in [0.15, 0.2) is 0 Å². The van der Waals surface area contributed by atoms with Crippen LogP contribution in [0.3, 0.4) is 0 Å². The van der Waals surface area contributed by atoms with Gasteiger partial charge in [-0.05, 0) is 6.42 Å². The largest absolute Gasteiger partial charge is 0.504 e. The number of rotatable bonds is 21. The number of hydrogen-bond donors (Lipinski definition) is 7. The standard InChI is InChI=1S/C23H47NO7/c1-2-3-4-5-6-7-8-9-10-11-12-13-14-19(26)21(28)18(24)17-31-23(30)22(29)20(27)15-16-25/h18-21,25-30H,2-17,24H2,1H3/b23-22+/t18-,19+,20?,21?/m0/s1. The van der Waals surface area contributed by atoms with Gasteiger partial charge in [0.2, 0.25) is 5.76 Å². The highest BCUT2D eigenvalue weighted by Gasteiger charge is 2.25. The maximum Gasteiger partial charge on any atom is 0.319 e. The number of unbranched alkanes of at least 4 members (excludes halogenated alkanes) is 11. The third-order valence-corrected chi connectivity index (χ3v) is 5.54. The van der Waals surface area contributed by atoms with Crippen molar-refractivity contribution in [1.82, 2.24) is 0 Å². The van der Waals surface area contributed by atoms with Crippen molar-refractivity contribution >= 4 is 0 Å². The van der Waals surface area contributed by atoms with Crippen LogP contribution in [-0.4, -0.2) is 68.2 Å². The van der Waals surface area contributed by atoms with E-state index in [1.165, 1.54) is 57.8 Å². The third kappa shape index (κ3) is 15.4. The van der Waals surface area contributed by atoms with Crippen molar-refractivity contribution < 1.29 is 35.4 Å². The average Bonchev–Trinajstić information content (AvgIpc) is 2.76. The van der Waals surface area contributed by atoms with Crippen molar-refractivity contribution in [2.75, 3.05) is 13.2 Å². The highest BCUT2D eigenvalue weighted by atomic mass is 16.6. The number of hydrogen-bond acceptors (Lipinski definition) is 8. The molecule has 0 fully saturated rings. The van der Waals surface area contributed by atoms with E-state index in [4.69, 9.17) is 15.6 Å². The summed E-state index contributed by atoms with van der Waals surface area (Å²) in [5.74, 6) is -1.73. The van der Waals surface area contributed by atoms with Gasteiger partial charge < -0.3 is 41.1 Å². The van der Waals surface area contributed by atoms with Gasteiger partial charge in [0.1, 0.15) is 12.7 Å². The molecule has 8 N–H and O–H groups in total. The minimum absolute atomic E-state index is 0.161. The molecule has 0 aliphatic heterocycles. The van der Waals surface area contributed by atoms with Crippen LogP contribution >= 0.6 is 0 Å². The molecule has 0 aromatic rings. The summed E-state index contributed by atoms with van der Waals surface area (Å²) in [5.41, 5.74) is 5.79. The van der Waals surface area contributed by atoms with Crippen LogP contribution < -0.4 is 5.73 Å². The van der Waals surface area contributed by atoms with Crippen LogP contribution in [0.15, 0.2) is 11.7 Å². The van der Waals surface area contributed by atoms with E-state index >= 15 is 0 Å². The van der Waals surface area contributed by atoms with E-state index in [-0.39, 0.29) is 19.6 Å². The Morgan fingerprint density at radius 1 is 0.774 bits per heavy atom. The molecule has 0 saturated carbocycles. The highest BCUT2D eigenvalue weighted by Crippen LogP contribution is 2.15. The Morgan fingerprint density at radius 3 is 1.74 bits per heavy atom. The number of aliphatic hydroxyl groups is 6. The second kappa shape index (κ2) is 19.6. The van der Waals surface area contributed by atoms with Crippen LogP contribution in [0.1, 0.15) is 96.8 Å². The molecule has 31 heavy (non-hydrogen) atoms. The molecule has 8 heteroatoms. The molecular weight excluding hydrogens is 402 g/mol. The molecule has 0 spiro atoms. The maximum atomic E-state index is 10.1. The Bertz CT molecular complexity index is 448. The number of aliphatic hydroxyl groups excluding tert-OH is 6. The van der Waals surface area contributed by atoms with E-state index in [2.05, 4.69) is 6.92 Å². The second-order valence-corrected chi connectivity index (χ2v) is 8.43. The lowest BCUT2D eigenvalue weighted by Gasteiger charge is -2.24. The summed E-state index contributed by atoms with van der Waals surface area (Å²) in [6.45, 7) is 1.51. The molecule has 0 saturated heterocycles. The molecule has 0 aromatic heterocycles. The fourth-order valence-electron chi connectivity index (χ4n) is 3.40. The van der Waals surface area contributed by atoms with Crippen LogP contribution in [0.25, 0.3) is 0 Å². The summed E-state index contributed by atoms with van der Waals surface area (Å²) in [5, 5.41) is 57.5. The van der Waals surface area contributed by atoms with E-state index in [9.17, 15) is 25.5 Å². The molecule has 2 unspecified atom stereocenters. The minimum Gasteiger partial charge on any atom is -0.504 e. The summed E-state index contributed by atoms with van der Waals surface area (Å²) in [4.78, 5) is 0. The molecule has 186 valence electrons. The zero-order chi connectivity index (χ0) is 23.5. The summed E-state index contributed by atoms with van der Waals surface area (Å²) in [6.07, 6.45) is 11.2. The number of ether oxygens (including phenoxy) is 1. The lowest BCUT2D eigenvalue weighted by molar-refractivity contribution is -0.0289. The smallest absolute Gasteiger partial charge is 0.319 e. The quantitative estimate of drug-likeness (QED) is 0.104. The molecule has 0 radical (unpaired) electrons. The number of nitrogens with two attached hydrogens (primary N) is 1. The summed E-state index contributed by atoms with van der Waals surface area (Å²) >= 11 is 0. The third-order valence-electron chi connectivity index (χ3n) is 5.54. The maximum absolute atomic E-state index is 10.1. The minimum atomic E-state index is -1.46. The van der Waals surface area contributed by atoms with E-state index in [1.54, 1.807) is 0 Å². The Morgan fingerprint density at radius 2 is 1.26 bits per heavy atom. The molecular formula is C23H47NO7. The van der Waals surface area contributed by atoms with E-state index in [1.807, 2.05) is 0 Å². The zero-order valence-electron chi connectivity index (χ0n) is 19.3. The Hall–Kier alpha value is -1.06. The molecule has 4 atom stereocenters. The average molecular weight is 450 g/mol. The van der Waals surface area contributed by atoms with E-state index in [0.29, 0.717) is 6.42 Å². The summed E-state index contributed by atoms with van der Waals surface area (Å²) in [7, 11) is 0. The van der Waals surface area contributed by atoms with Gasteiger partial charge in [-0.25, -0.2) is 0 Å². The lowest BCUT2D eigenvalue weighted by Crippen LogP contribution is -2.45. The summed E-state index contributed by atoms with van der Waals surface area (Å²) in [6, 6.07) is -0.975. The predicted molar refractivity (Wildman–Crippen MR) is 122 cm³/mol. The van der Waals surface area contributed by atoms with E-state index in [0.717, 1.165) is 19.3 Å². The van der Waals surface area contributed by atoms with Crippen molar-refractivity contribution in [3.63, 3.8) is 0 Å². The van der Waals surface area contributed by atoms with Gasteiger partial charge in [-0.2, -0.15) is 0 Å². The molecule has 8 nitrogen and oxygen atoms in total. The van der Waals surface area contributed by atoms with Gasteiger partial charge in [0, 0.05) is 13.0 Å². The first-order valence-electron chi connectivity index (χ1n) is 12.0. The SMILES string of the molecule is CCCCCCCCCCCCCC[C@@H](O)C(O)[C@@H](N)CO/C(O)=C(/O)C(O)CCO. The second-order valence-electron chi connectivity index (χ2n) is 8.43. The molecule has 0 aliphatic rings. The molecule has 0 heterocycles. The monoisotopic (exact) mass is 449 g/mol. The highest BCUT2D eigenvalue weighted by molar-refractivity contribution is 4.98. The first kappa shape index (κ1) is 29.9. The predicted octanol–water partition coefficient (Wildman–Crippen LogP) is 3.17. The van der Waals surface area contributed by atoms with Crippen LogP contribution in [0, 0.1) is 0 Å². The van der Waals surface area contributed by atoms with Crippen LogP contribution in [0.4, 0.5) is 0 Å². The van der Waals surface area contributed by atoms with Gasteiger partial charge in [-0.15, -0.1) is 0 Å². The topological polar surface area (TPSA) is 157 Å². The first-order valence-corrected chi connectivity index (χ1v) is 12.0. The van der Waals surface area contributed by atoms with Crippen molar-refractivity contribution in [2.45, 2.75) is 121 Å². The fourth-order valence-corrected chi connectivity index (χ4v) is 3.40.